The SMILES string of the molecule is CC(=O)N(c1ccc(Cl)cc1F)C1CSC(=Nc2ccc(C)cc2)N1C. The zero-order chi connectivity index (χ0) is 18.8. The van der Waals surface area contributed by atoms with Crippen LogP contribution in [0.3, 0.4) is 0 Å². The average Bonchev–Trinajstić information content (AvgIpc) is 2.93. The van der Waals surface area contributed by atoms with Crippen LogP contribution in [-0.4, -0.2) is 34.9 Å². The van der Waals surface area contributed by atoms with E-state index >= 15 is 0 Å². The van der Waals surface area contributed by atoms with Gasteiger partial charge in [-0.2, -0.15) is 0 Å². The maximum absolute atomic E-state index is 14.4. The first-order chi connectivity index (χ1) is 12.4. The summed E-state index contributed by atoms with van der Waals surface area (Å²) >= 11 is 7.38. The fraction of sp³-hybridized carbons (Fsp3) is 0.263. The van der Waals surface area contributed by atoms with Gasteiger partial charge in [0, 0.05) is 24.7 Å². The maximum Gasteiger partial charge on any atom is 0.225 e. The van der Waals surface area contributed by atoms with Gasteiger partial charge in [-0.25, -0.2) is 9.38 Å². The normalized spacial score (nSPS) is 18.4. The Morgan fingerprint density at radius 1 is 1.31 bits per heavy atom. The van der Waals surface area contributed by atoms with Crippen molar-refractivity contribution in [1.29, 1.82) is 0 Å². The second-order valence-corrected chi connectivity index (χ2v) is 7.54. The van der Waals surface area contributed by atoms with Crippen molar-refractivity contribution in [1.82, 2.24) is 4.90 Å². The van der Waals surface area contributed by atoms with Gasteiger partial charge in [0.1, 0.15) is 12.0 Å². The molecule has 0 aromatic heterocycles. The first-order valence-corrected chi connectivity index (χ1v) is 9.49. The third kappa shape index (κ3) is 3.86. The Morgan fingerprint density at radius 2 is 2.00 bits per heavy atom. The monoisotopic (exact) mass is 391 g/mol. The van der Waals surface area contributed by atoms with Crippen molar-refractivity contribution in [3.8, 4) is 0 Å². The molecule has 2 aromatic carbocycles. The Hall–Kier alpha value is -2.05. The highest BCUT2D eigenvalue weighted by molar-refractivity contribution is 8.14. The molecule has 136 valence electrons. The zero-order valence-electron chi connectivity index (χ0n) is 14.7. The molecule has 1 fully saturated rings. The van der Waals surface area contributed by atoms with Crippen LogP contribution in [0.1, 0.15) is 12.5 Å². The summed E-state index contributed by atoms with van der Waals surface area (Å²) in [5.41, 5.74) is 2.23. The molecule has 4 nitrogen and oxygen atoms in total. The van der Waals surface area contributed by atoms with Crippen LogP contribution in [0.2, 0.25) is 5.02 Å². The fourth-order valence-corrected chi connectivity index (χ4v) is 4.12. The Morgan fingerprint density at radius 3 is 2.62 bits per heavy atom. The first kappa shape index (κ1) is 18.7. The predicted octanol–water partition coefficient (Wildman–Crippen LogP) is 4.83. The van der Waals surface area contributed by atoms with Gasteiger partial charge in [0.05, 0.1) is 11.4 Å². The van der Waals surface area contributed by atoms with Gasteiger partial charge >= 0.3 is 0 Å². The van der Waals surface area contributed by atoms with Crippen LogP contribution >= 0.6 is 23.4 Å². The van der Waals surface area contributed by atoms with Crippen LogP contribution in [0, 0.1) is 12.7 Å². The number of aliphatic imine (C=N–C) groups is 1. The van der Waals surface area contributed by atoms with E-state index in [-0.39, 0.29) is 17.8 Å². The molecule has 1 atom stereocenters. The summed E-state index contributed by atoms with van der Waals surface area (Å²) in [5, 5.41) is 1.09. The standard InChI is InChI=1S/C19H19ClFN3OS/c1-12-4-7-15(8-5-12)22-19-23(3)18(11-26-19)24(13(2)25)17-9-6-14(20)10-16(17)21/h4-10,18H,11H2,1-3H3. The summed E-state index contributed by atoms with van der Waals surface area (Å²) in [5.74, 6) is -0.154. The number of amides is 1. The third-order valence-electron chi connectivity index (χ3n) is 4.18. The van der Waals surface area contributed by atoms with Crippen molar-refractivity contribution in [2.24, 2.45) is 4.99 Å². The zero-order valence-corrected chi connectivity index (χ0v) is 16.3. The van der Waals surface area contributed by atoms with Gasteiger partial charge in [0.15, 0.2) is 5.17 Å². The molecule has 1 aliphatic heterocycles. The van der Waals surface area contributed by atoms with E-state index in [0.29, 0.717) is 10.8 Å². The molecular formula is C19H19ClFN3OS. The first-order valence-electron chi connectivity index (χ1n) is 8.12. The third-order valence-corrected chi connectivity index (χ3v) is 5.51. The molecule has 0 radical (unpaired) electrons. The molecule has 0 N–H and O–H groups in total. The van der Waals surface area contributed by atoms with E-state index in [9.17, 15) is 9.18 Å². The van der Waals surface area contributed by atoms with Gasteiger partial charge in [-0.1, -0.05) is 41.1 Å². The molecule has 0 spiro atoms. The van der Waals surface area contributed by atoms with Gasteiger partial charge in [0.2, 0.25) is 5.91 Å². The number of thioether (sulfide) groups is 1. The van der Waals surface area contributed by atoms with E-state index < -0.39 is 5.82 Å². The van der Waals surface area contributed by atoms with E-state index in [1.165, 1.54) is 29.5 Å². The topological polar surface area (TPSA) is 35.9 Å². The summed E-state index contributed by atoms with van der Waals surface area (Å²) in [4.78, 5) is 20.3. The fourth-order valence-electron chi connectivity index (χ4n) is 2.80. The second kappa shape index (κ2) is 7.68. The van der Waals surface area contributed by atoms with Gasteiger partial charge in [-0.05, 0) is 37.3 Å². The van der Waals surface area contributed by atoms with Crippen LogP contribution in [0.15, 0.2) is 47.5 Å². The van der Waals surface area contributed by atoms with Crippen molar-refractivity contribution in [2.75, 3.05) is 17.7 Å². The van der Waals surface area contributed by atoms with Crippen LogP contribution in [0.4, 0.5) is 15.8 Å². The van der Waals surface area contributed by atoms with Crippen LogP contribution in [0.5, 0.6) is 0 Å². The minimum Gasteiger partial charge on any atom is -0.333 e. The number of nitrogens with zero attached hydrogens (tertiary/aromatic N) is 3. The molecule has 0 bridgehead atoms. The van der Waals surface area contributed by atoms with Crippen LogP contribution in [0.25, 0.3) is 0 Å². The number of carbonyl (C=O) groups excluding carboxylic acids is 1. The summed E-state index contributed by atoms with van der Waals surface area (Å²) < 4.78 is 14.4. The highest BCUT2D eigenvalue weighted by Crippen LogP contribution is 2.32. The molecule has 1 unspecified atom stereocenters. The summed E-state index contributed by atoms with van der Waals surface area (Å²) in [6.07, 6.45) is -0.322. The lowest BCUT2D eigenvalue weighted by molar-refractivity contribution is -0.117. The number of anilines is 1. The largest absolute Gasteiger partial charge is 0.333 e. The number of halogens is 2. The molecule has 2 aromatic rings. The van der Waals surface area contributed by atoms with Crippen molar-refractivity contribution >= 4 is 45.8 Å². The minimum absolute atomic E-state index is 0.218. The molecule has 3 rings (SSSR count). The lowest BCUT2D eigenvalue weighted by atomic mass is 10.2. The Labute approximate surface area is 161 Å². The van der Waals surface area contributed by atoms with Crippen molar-refractivity contribution in [2.45, 2.75) is 20.0 Å². The number of carbonyl (C=O) groups is 1. The molecule has 0 saturated carbocycles. The molecule has 1 heterocycles. The lowest BCUT2D eigenvalue weighted by Crippen LogP contribution is -2.48. The van der Waals surface area contributed by atoms with E-state index in [1.54, 1.807) is 17.8 Å². The van der Waals surface area contributed by atoms with E-state index in [0.717, 1.165) is 10.9 Å². The molecule has 1 aliphatic rings. The van der Waals surface area contributed by atoms with E-state index in [1.807, 2.05) is 43.1 Å². The maximum atomic E-state index is 14.4. The number of aryl methyl sites for hydroxylation is 1. The summed E-state index contributed by atoms with van der Waals surface area (Å²) in [6, 6.07) is 12.2. The highest BCUT2D eigenvalue weighted by Gasteiger charge is 2.35. The van der Waals surface area contributed by atoms with E-state index in [2.05, 4.69) is 4.99 Å². The molecule has 1 saturated heterocycles. The number of rotatable bonds is 3. The van der Waals surface area contributed by atoms with E-state index in [4.69, 9.17) is 11.6 Å². The predicted molar refractivity (Wildman–Crippen MR) is 107 cm³/mol. The Kier molecular flexibility index (Phi) is 5.53. The second-order valence-electron chi connectivity index (χ2n) is 6.12. The highest BCUT2D eigenvalue weighted by atomic mass is 35.5. The number of benzene rings is 2. The number of hydrogen-bond acceptors (Lipinski definition) is 3. The smallest absolute Gasteiger partial charge is 0.225 e. The Balaban J connectivity index is 1.90. The van der Waals surface area contributed by atoms with Gasteiger partial charge < -0.3 is 4.90 Å². The lowest BCUT2D eigenvalue weighted by Gasteiger charge is -2.33. The molecular weight excluding hydrogens is 373 g/mol. The van der Waals surface area contributed by atoms with Crippen molar-refractivity contribution in [3.05, 3.63) is 58.9 Å². The van der Waals surface area contributed by atoms with Crippen molar-refractivity contribution in [3.63, 3.8) is 0 Å². The summed E-state index contributed by atoms with van der Waals surface area (Å²) in [7, 11) is 1.86. The van der Waals surface area contributed by atoms with Crippen LogP contribution in [-0.2, 0) is 4.79 Å². The molecule has 26 heavy (non-hydrogen) atoms. The van der Waals surface area contributed by atoms with Gasteiger partial charge in [-0.3, -0.25) is 9.69 Å². The van der Waals surface area contributed by atoms with Gasteiger partial charge in [0.25, 0.3) is 0 Å². The molecule has 0 aliphatic carbocycles. The van der Waals surface area contributed by atoms with Crippen molar-refractivity contribution < 1.29 is 9.18 Å². The average molecular weight is 392 g/mol. The molecule has 1 amide bonds. The number of hydrogen-bond donors (Lipinski definition) is 0. The summed E-state index contributed by atoms with van der Waals surface area (Å²) in [6.45, 7) is 3.45. The van der Waals surface area contributed by atoms with Crippen LogP contribution < -0.4 is 4.90 Å². The number of amidine groups is 1. The Bertz CT molecular complexity index is 856. The minimum atomic E-state index is -0.518. The van der Waals surface area contributed by atoms with Gasteiger partial charge in [-0.15, -0.1) is 0 Å². The molecule has 7 heteroatoms. The quantitative estimate of drug-likeness (QED) is 0.751.